The summed E-state index contributed by atoms with van der Waals surface area (Å²) in [6, 6.07) is 7.09. The Bertz CT molecular complexity index is 1010. The van der Waals surface area contributed by atoms with E-state index < -0.39 is 0 Å². The Morgan fingerprint density at radius 3 is 2.52 bits per heavy atom. The molecule has 0 saturated heterocycles. The van der Waals surface area contributed by atoms with E-state index in [4.69, 9.17) is 14.2 Å². The lowest BCUT2D eigenvalue weighted by molar-refractivity contribution is -0.385. The number of benzene rings is 2. The van der Waals surface area contributed by atoms with Crippen LogP contribution in [0.2, 0.25) is 0 Å². The monoisotopic (exact) mass is 460 g/mol. The average Bonchev–Trinajstić information content (AvgIpc) is 3.21. The van der Waals surface area contributed by atoms with Gasteiger partial charge >= 0.3 is 0 Å². The number of nitro groups is 1. The van der Waals surface area contributed by atoms with Crippen LogP contribution in [0.4, 0.5) is 11.4 Å². The second kappa shape index (κ2) is 7.59. The molecule has 4 rings (SSSR count). The van der Waals surface area contributed by atoms with E-state index in [0.29, 0.717) is 17.2 Å². The minimum absolute atomic E-state index is 0.0195. The minimum atomic E-state index is -0.381. The smallest absolute Gasteiger partial charge is 0.273 e. The van der Waals surface area contributed by atoms with E-state index in [9.17, 15) is 10.1 Å². The van der Waals surface area contributed by atoms with Crippen molar-refractivity contribution in [2.24, 2.45) is 5.92 Å². The van der Waals surface area contributed by atoms with Crippen LogP contribution in [0.1, 0.15) is 29.5 Å². The Morgan fingerprint density at radius 1 is 1.10 bits per heavy atom. The van der Waals surface area contributed by atoms with Crippen LogP contribution in [0.25, 0.3) is 0 Å². The lowest BCUT2D eigenvalue weighted by Gasteiger charge is -2.38. The summed E-state index contributed by atoms with van der Waals surface area (Å²) in [6.45, 7) is 0. The summed E-state index contributed by atoms with van der Waals surface area (Å²) in [5, 5.41) is 15.0. The molecular formula is C21H21BrN2O5. The van der Waals surface area contributed by atoms with Gasteiger partial charge in [-0.3, -0.25) is 10.1 Å². The summed E-state index contributed by atoms with van der Waals surface area (Å²) in [4.78, 5) is 11.0. The van der Waals surface area contributed by atoms with Crippen LogP contribution in [-0.2, 0) is 0 Å². The van der Waals surface area contributed by atoms with Crippen LogP contribution < -0.4 is 19.5 Å². The second-order valence-electron chi connectivity index (χ2n) is 7.08. The SMILES string of the molecule is COc1cc([N+](=O)[O-])cc2c1N[C@H](c1cc(Br)c(OC)c(OC)c1)[C@@H]1CC=C[C@H]21. The lowest BCUT2D eigenvalue weighted by atomic mass is 9.76. The van der Waals surface area contributed by atoms with E-state index >= 15 is 0 Å². The van der Waals surface area contributed by atoms with Gasteiger partial charge < -0.3 is 19.5 Å². The first-order chi connectivity index (χ1) is 14.0. The van der Waals surface area contributed by atoms with Crippen LogP contribution in [-0.4, -0.2) is 26.3 Å². The third kappa shape index (κ3) is 3.21. The van der Waals surface area contributed by atoms with E-state index in [1.165, 1.54) is 13.2 Å². The molecule has 0 amide bonds. The molecule has 0 saturated carbocycles. The van der Waals surface area contributed by atoms with Crippen molar-refractivity contribution < 1.29 is 19.1 Å². The van der Waals surface area contributed by atoms with Crippen molar-refractivity contribution in [1.82, 2.24) is 0 Å². The summed E-state index contributed by atoms with van der Waals surface area (Å²) in [6.07, 6.45) is 5.15. The van der Waals surface area contributed by atoms with E-state index in [0.717, 1.165) is 27.7 Å². The summed E-state index contributed by atoms with van der Waals surface area (Å²) >= 11 is 3.58. The first-order valence-corrected chi connectivity index (χ1v) is 9.98. The third-order valence-electron chi connectivity index (χ3n) is 5.66. The number of allylic oxidation sites excluding steroid dienone is 2. The van der Waals surface area contributed by atoms with Crippen LogP contribution in [0.5, 0.6) is 17.2 Å². The molecule has 0 spiro atoms. The summed E-state index contributed by atoms with van der Waals surface area (Å²) in [7, 11) is 4.74. The number of hydrogen-bond donors (Lipinski definition) is 1. The maximum absolute atomic E-state index is 11.4. The summed E-state index contributed by atoms with van der Waals surface area (Å²) in [5.74, 6) is 2.04. The lowest BCUT2D eigenvalue weighted by Crippen LogP contribution is -2.29. The second-order valence-corrected chi connectivity index (χ2v) is 7.94. The number of fused-ring (bicyclic) bond motifs is 3. The zero-order valence-electron chi connectivity index (χ0n) is 16.3. The average molecular weight is 461 g/mol. The Morgan fingerprint density at radius 2 is 1.86 bits per heavy atom. The van der Waals surface area contributed by atoms with Crippen LogP contribution >= 0.6 is 15.9 Å². The van der Waals surface area contributed by atoms with Crippen LogP contribution in [0.3, 0.4) is 0 Å². The number of rotatable bonds is 5. The number of nitrogens with zero attached hydrogens (tertiary/aromatic N) is 1. The van der Waals surface area contributed by atoms with E-state index in [1.807, 2.05) is 12.1 Å². The molecule has 2 aliphatic rings. The summed E-state index contributed by atoms with van der Waals surface area (Å²) < 4.78 is 17.3. The van der Waals surface area contributed by atoms with E-state index in [-0.39, 0.29) is 28.5 Å². The number of anilines is 1. The van der Waals surface area contributed by atoms with Crippen molar-refractivity contribution in [2.45, 2.75) is 18.4 Å². The molecule has 0 bridgehead atoms. The van der Waals surface area contributed by atoms with Gasteiger partial charge in [-0.2, -0.15) is 0 Å². The highest BCUT2D eigenvalue weighted by molar-refractivity contribution is 9.10. The van der Waals surface area contributed by atoms with Crippen molar-refractivity contribution >= 4 is 27.3 Å². The van der Waals surface area contributed by atoms with Gasteiger partial charge in [0.1, 0.15) is 5.75 Å². The van der Waals surface area contributed by atoms with Gasteiger partial charge in [-0.05, 0) is 51.5 Å². The van der Waals surface area contributed by atoms with Gasteiger partial charge in [0.15, 0.2) is 11.5 Å². The molecule has 0 fully saturated rings. The number of ether oxygens (including phenoxy) is 3. The van der Waals surface area contributed by atoms with Crippen molar-refractivity contribution in [1.29, 1.82) is 0 Å². The Balaban J connectivity index is 1.84. The number of non-ortho nitro benzene ring substituents is 1. The zero-order valence-corrected chi connectivity index (χ0v) is 17.9. The number of nitro benzene ring substituents is 1. The molecule has 0 radical (unpaired) electrons. The molecule has 8 heteroatoms. The molecular weight excluding hydrogens is 440 g/mol. The molecule has 1 N–H and O–H groups in total. The predicted octanol–water partition coefficient (Wildman–Crippen LogP) is 5.21. The third-order valence-corrected chi connectivity index (χ3v) is 6.25. The first kappa shape index (κ1) is 19.6. The largest absolute Gasteiger partial charge is 0.494 e. The Kier molecular flexibility index (Phi) is 5.12. The topological polar surface area (TPSA) is 82.9 Å². The molecule has 1 aliphatic heterocycles. The first-order valence-electron chi connectivity index (χ1n) is 9.19. The van der Waals surface area contributed by atoms with Gasteiger partial charge in [0.05, 0.1) is 48.5 Å². The Labute approximate surface area is 176 Å². The van der Waals surface area contributed by atoms with E-state index in [2.05, 4.69) is 33.4 Å². The molecule has 3 atom stereocenters. The summed E-state index contributed by atoms with van der Waals surface area (Å²) in [5.41, 5.74) is 2.76. The number of nitrogens with one attached hydrogen (secondary N) is 1. The van der Waals surface area contributed by atoms with Gasteiger partial charge in [0.25, 0.3) is 5.69 Å². The van der Waals surface area contributed by atoms with Gasteiger partial charge in [0.2, 0.25) is 0 Å². The van der Waals surface area contributed by atoms with Crippen molar-refractivity contribution in [3.63, 3.8) is 0 Å². The molecule has 2 aromatic carbocycles. The standard InChI is InChI=1S/C21H21BrN2O5/c1-27-17-10-12(24(25)26)9-15-13-5-4-6-14(13)19(23-20(15)17)11-7-16(22)21(29-3)18(8-11)28-2/h4-5,7-10,13-14,19,23H,6H2,1-3H3/t13-,14+,19+/m0/s1. The quantitative estimate of drug-likeness (QED) is 0.374. The van der Waals surface area contributed by atoms with Gasteiger partial charge in [-0.15, -0.1) is 0 Å². The number of hydrogen-bond acceptors (Lipinski definition) is 6. The molecule has 0 aromatic heterocycles. The highest BCUT2D eigenvalue weighted by Crippen LogP contribution is 2.54. The molecule has 29 heavy (non-hydrogen) atoms. The molecule has 7 nitrogen and oxygen atoms in total. The maximum atomic E-state index is 11.4. The Hall–Kier alpha value is -2.74. The van der Waals surface area contributed by atoms with Crippen molar-refractivity contribution in [3.8, 4) is 17.2 Å². The number of methoxy groups -OCH3 is 3. The van der Waals surface area contributed by atoms with Gasteiger partial charge in [0, 0.05) is 12.0 Å². The molecule has 2 aromatic rings. The fourth-order valence-corrected chi connectivity index (χ4v) is 4.99. The predicted molar refractivity (Wildman–Crippen MR) is 113 cm³/mol. The normalized spacial score (nSPS) is 21.7. The molecule has 0 unspecified atom stereocenters. The fourth-order valence-electron chi connectivity index (χ4n) is 4.37. The highest BCUT2D eigenvalue weighted by Gasteiger charge is 2.40. The molecule has 1 heterocycles. The van der Waals surface area contributed by atoms with Crippen LogP contribution in [0.15, 0.2) is 40.9 Å². The highest BCUT2D eigenvalue weighted by atomic mass is 79.9. The maximum Gasteiger partial charge on any atom is 0.273 e. The molecule has 1 aliphatic carbocycles. The minimum Gasteiger partial charge on any atom is -0.494 e. The van der Waals surface area contributed by atoms with Crippen molar-refractivity contribution in [2.75, 3.05) is 26.6 Å². The van der Waals surface area contributed by atoms with Crippen LogP contribution in [0, 0.1) is 16.0 Å². The van der Waals surface area contributed by atoms with Crippen molar-refractivity contribution in [3.05, 3.63) is 62.1 Å². The van der Waals surface area contributed by atoms with Gasteiger partial charge in [-0.25, -0.2) is 0 Å². The molecule has 152 valence electrons. The van der Waals surface area contributed by atoms with Gasteiger partial charge in [-0.1, -0.05) is 12.2 Å². The number of halogens is 1. The fraction of sp³-hybridized carbons (Fsp3) is 0.333. The van der Waals surface area contributed by atoms with E-state index in [1.54, 1.807) is 20.3 Å². The zero-order chi connectivity index (χ0) is 20.7.